The Morgan fingerprint density at radius 3 is 1.59 bits per heavy atom. The van der Waals surface area contributed by atoms with Crippen LogP contribution in [0.2, 0.25) is 0 Å². The number of fused-ring (bicyclic) bond motifs is 2. The molecule has 16 heteroatoms. The predicted octanol–water partition coefficient (Wildman–Crippen LogP) is 5.68. The van der Waals surface area contributed by atoms with Crippen LogP contribution < -0.4 is 26.6 Å². The van der Waals surface area contributed by atoms with E-state index in [-0.39, 0.29) is 59.2 Å². The molecule has 2 atom stereocenters. The Morgan fingerprint density at radius 2 is 1.07 bits per heavy atom. The van der Waals surface area contributed by atoms with Crippen LogP contribution in [-0.2, 0) is 34.8 Å². The first-order valence-corrected chi connectivity index (χ1v) is 19.9. The van der Waals surface area contributed by atoms with Gasteiger partial charge in [0.15, 0.2) is 0 Å². The van der Waals surface area contributed by atoms with Crippen molar-refractivity contribution in [2.75, 3.05) is 59.2 Å². The van der Waals surface area contributed by atoms with E-state index >= 15 is 0 Å². The molecule has 0 radical (unpaired) electrons. The number of amides is 4. The maximum absolute atomic E-state index is 12.8. The molecule has 2 aromatic carbocycles. The van der Waals surface area contributed by atoms with Gasteiger partial charge in [0.1, 0.15) is 29.1 Å². The fraction of sp³-hybridized carbons (Fsp3) is 0.581. The molecule has 0 aromatic heterocycles. The molecule has 6 N–H and O–H groups in total. The largest absolute Gasteiger partial charge is 0.444 e. The van der Waals surface area contributed by atoms with Crippen molar-refractivity contribution in [1.82, 2.24) is 26.6 Å². The lowest BCUT2D eigenvalue weighted by molar-refractivity contribution is -0.0157. The monoisotopic (exact) mass is 827 g/mol. The first kappa shape index (κ1) is 48.5. The molecule has 59 heavy (non-hydrogen) atoms. The van der Waals surface area contributed by atoms with E-state index in [4.69, 9.17) is 28.4 Å². The van der Waals surface area contributed by atoms with E-state index in [0.29, 0.717) is 6.42 Å². The second-order valence-electron chi connectivity index (χ2n) is 17.2. The summed E-state index contributed by atoms with van der Waals surface area (Å²) >= 11 is 0. The number of rotatable bonds is 18. The van der Waals surface area contributed by atoms with Gasteiger partial charge in [-0.25, -0.2) is 19.2 Å². The third-order valence-electron chi connectivity index (χ3n) is 8.50. The zero-order valence-electron chi connectivity index (χ0n) is 36.0. The van der Waals surface area contributed by atoms with Crippen LogP contribution in [0.4, 0.5) is 19.2 Å². The topological polar surface area (TPSA) is 204 Å². The fourth-order valence-electron chi connectivity index (χ4n) is 5.80. The molecular weight excluding hydrogens is 762 g/mol. The van der Waals surface area contributed by atoms with E-state index in [1.807, 2.05) is 54.6 Å². The molecule has 1 unspecified atom stereocenters. The highest BCUT2D eigenvalue weighted by Gasteiger charge is 2.41. The number of hydrogen-bond donors (Lipinski definition) is 6. The average Bonchev–Trinajstić information content (AvgIpc) is 3.12. The number of aliphatic hydroxyl groups excluding tert-OH is 1. The van der Waals surface area contributed by atoms with Crippen molar-refractivity contribution in [3.8, 4) is 0 Å². The van der Waals surface area contributed by atoms with E-state index in [2.05, 4.69) is 32.7 Å². The molecule has 328 valence electrons. The van der Waals surface area contributed by atoms with E-state index in [1.54, 1.807) is 62.3 Å². The molecule has 0 fully saturated rings. The van der Waals surface area contributed by atoms with Gasteiger partial charge in [-0.3, -0.25) is 5.32 Å². The van der Waals surface area contributed by atoms with Gasteiger partial charge in [-0.05, 0) is 79.0 Å². The number of nitrogens with one attached hydrogen (secondary N) is 5. The minimum Gasteiger partial charge on any atom is -0.444 e. The van der Waals surface area contributed by atoms with Crippen LogP contribution in [0.25, 0.3) is 12.2 Å². The maximum atomic E-state index is 12.8. The summed E-state index contributed by atoms with van der Waals surface area (Å²) in [7, 11) is 0. The van der Waals surface area contributed by atoms with Crippen molar-refractivity contribution in [1.29, 1.82) is 0 Å². The molecule has 0 spiro atoms. The van der Waals surface area contributed by atoms with Crippen LogP contribution in [0.5, 0.6) is 0 Å². The minimum atomic E-state index is -1.43. The number of carbonyl (C=O) groups is 4. The minimum absolute atomic E-state index is 0.145. The zero-order valence-corrected chi connectivity index (χ0v) is 36.0. The van der Waals surface area contributed by atoms with Crippen molar-refractivity contribution >= 4 is 36.5 Å². The molecule has 1 aliphatic rings. The quantitative estimate of drug-likeness (QED) is 0.0611. The van der Waals surface area contributed by atoms with Crippen LogP contribution in [0.3, 0.4) is 0 Å². The Kier molecular flexibility index (Phi) is 18.5. The average molecular weight is 828 g/mol. The smallest absolute Gasteiger partial charge is 0.407 e. The highest BCUT2D eigenvalue weighted by atomic mass is 16.6. The molecule has 2 aromatic rings. The Bertz CT molecular complexity index is 1620. The number of benzene rings is 2. The van der Waals surface area contributed by atoms with Crippen LogP contribution >= 0.6 is 0 Å². The molecule has 0 bridgehead atoms. The van der Waals surface area contributed by atoms with Gasteiger partial charge in [-0.1, -0.05) is 60.7 Å². The van der Waals surface area contributed by atoms with Gasteiger partial charge in [0.25, 0.3) is 0 Å². The summed E-state index contributed by atoms with van der Waals surface area (Å²) in [6.45, 7) is 15.9. The number of alkyl carbamates (subject to hydrolysis) is 4. The number of hydrogen-bond acceptors (Lipinski definition) is 12. The summed E-state index contributed by atoms with van der Waals surface area (Å²) in [6.07, 6.45) is -0.0427. The summed E-state index contributed by atoms with van der Waals surface area (Å²) in [4.78, 5) is 50.9. The van der Waals surface area contributed by atoms with Crippen LogP contribution in [0.1, 0.15) is 90.7 Å². The summed E-state index contributed by atoms with van der Waals surface area (Å²) in [5.74, 6) is 0. The van der Waals surface area contributed by atoms with Crippen molar-refractivity contribution < 1.29 is 52.7 Å². The highest BCUT2D eigenvalue weighted by molar-refractivity contribution is 5.75. The Labute approximate surface area is 348 Å². The third kappa shape index (κ3) is 18.7. The van der Waals surface area contributed by atoms with Crippen molar-refractivity contribution in [2.45, 2.75) is 97.9 Å². The highest BCUT2D eigenvalue weighted by Crippen LogP contribution is 2.31. The molecule has 0 heterocycles. The molecule has 4 amide bonds. The zero-order chi connectivity index (χ0) is 43.7. The Balaban J connectivity index is 1.49. The second-order valence-corrected chi connectivity index (χ2v) is 17.2. The van der Waals surface area contributed by atoms with Crippen LogP contribution in [0, 0.1) is 5.41 Å². The fourth-order valence-corrected chi connectivity index (χ4v) is 5.80. The summed E-state index contributed by atoms with van der Waals surface area (Å²) < 4.78 is 33.4. The first-order chi connectivity index (χ1) is 27.6. The van der Waals surface area contributed by atoms with Crippen LogP contribution in [-0.4, -0.2) is 112 Å². The molecule has 0 aliphatic heterocycles. The lowest BCUT2D eigenvalue weighted by atomic mass is 9.85. The summed E-state index contributed by atoms with van der Waals surface area (Å²) in [5.41, 5.74) is 0.262. The van der Waals surface area contributed by atoms with Crippen molar-refractivity contribution in [3.63, 3.8) is 0 Å². The molecule has 16 nitrogen and oxygen atoms in total. The maximum Gasteiger partial charge on any atom is 0.407 e. The van der Waals surface area contributed by atoms with Gasteiger partial charge in [0, 0.05) is 44.7 Å². The summed E-state index contributed by atoms with van der Waals surface area (Å²) in [6, 6.07) is 15.9. The summed E-state index contributed by atoms with van der Waals surface area (Å²) in [5, 5.41) is 25.2. The standard InChI is InChI=1S/C43H65N5O11/c1-40(2,3)57-37(51)46-27-43(28-47-38(52)58-41(4,5)6,29-48-39(53)59-42(7,8)9)35(49)44-20-22-54-24-25-55-23-21-45-36(50)56-34-26-32-16-11-10-14-30(32)18-19-31-15-12-13-17-33(31)34/h10-19,34-35,44,49H,20-29H2,1-9H3,(H,45,50)(H,46,51)(H,47,52)(H,48,53)/b19-18-/t34-,35?/m1/s1. The second kappa shape index (κ2) is 22.5. The lowest BCUT2D eigenvalue weighted by Gasteiger charge is -2.39. The molecule has 3 rings (SSSR count). The van der Waals surface area contributed by atoms with Gasteiger partial charge < -0.3 is 54.8 Å². The number of carbonyl (C=O) groups excluding carboxylic acids is 4. The molecule has 0 saturated carbocycles. The van der Waals surface area contributed by atoms with Gasteiger partial charge in [-0.2, -0.15) is 0 Å². The van der Waals surface area contributed by atoms with E-state index in [1.165, 1.54) is 0 Å². The predicted molar refractivity (Wildman–Crippen MR) is 224 cm³/mol. The third-order valence-corrected chi connectivity index (χ3v) is 8.50. The Morgan fingerprint density at radius 1 is 0.610 bits per heavy atom. The number of ether oxygens (including phenoxy) is 6. The first-order valence-electron chi connectivity index (χ1n) is 19.9. The SMILES string of the molecule is CC(C)(C)OC(=O)NCC(CNC(=O)OC(C)(C)C)(CNC(=O)OC(C)(C)C)C(O)NCCOCCOCCNC(=O)O[C@@H]1Cc2ccccc2/C=C\c2ccccc21. The number of aliphatic hydroxyl groups is 1. The lowest BCUT2D eigenvalue weighted by Crippen LogP contribution is -2.62. The molecule has 0 saturated heterocycles. The van der Waals surface area contributed by atoms with Gasteiger partial charge in [-0.15, -0.1) is 0 Å². The molecule has 1 aliphatic carbocycles. The van der Waals surface area contributed by atoms with Gasteiger partial charge in [0.2, 0.25) is 0 Å². The Hall–Kier alpha value is -4.90. The van der Waals surface area contributed by atoms with Crippen LogP contribution in [0.15, 0.2) is 48.5 Å². The van der Waals surface area contributed by atoms with Gasteiger partial charge in [0.05, 0.1) is 31.8 Å². The van der Waals surface area contributed by atoms with E-state index in [9.17, 15) is 24.3 Å². The van der Waals surface area contributed by atoms with E-state index < -0.39 is 58.9 Å². The van der Waals surface area contributed by atoms with Gasteiger partial charge >= 0.3 is 24.4 Å². The normalized spacial score (nSPS) is 15.2. The van der Waals surface area contributed by atoms with Crippen molar-refractivity contribution in [3.05, 3.63) is 70.8 Å². The molecular formula is C43H65N5O11. The van der Waals surface area contributed by atoms with E-state index in [0.717, 1.165) is 22.3 Å². The van der Waals surface area contributed by atoms with Crippen molar-refractivity contribution in [2.24, 2.45) is 5.41 Å².